The first kappa shape index (κ1) is 15.1. The largest absolute Gasteiger partial charge is 0.496 e. The van der Waals surface area contributed by atoms with Crippen LogP contribution in [0.25, 0.3) is 0 Å². The molecular formula is C17H26N2O. The highest BCUT2D eigenvalue weighted by atomic mass is 16.5. The zero-order valence-corrected chi connectivity index (χ0v) is 12.6. The van der Waals surface area contributed by atoms with Gasteiger partial charge in [-0.25, -0.2) is 0 Å². The summed E-state index contributed by atoms with van der Waals surface area (Å²) in [4.78, 5) is 0. The summed E-state index contributed by atoms with van der Waals surface area (Å²) in [6, 6.07) is 6.59. The van der Waals surface area contributed by atoms with Crippen LogP contribution in [0.1, 0.15) is 43.2 Å². The van der Waals surface area contributed by atoms with Crippen LogP contribution in [-0.4, -0.2) is 13.2 Å². The van der Waals surface area contributed by atoms with E-state index < -0.39 is 0 Å². The molecule has 0 aliphatic heterocycles. The van der Waals surface area contributed by atoms with E-state index in [1.165, 1.54) is 36.8 Å². The number of nitrogens with one attached hydrogen (secondary N) is 1. The number of hydrazine groups is 1. The van der Waals surface area contributed by atoms with Crippen molar-refractivity contribution >= 4 is 0 Å². The lowest BCUT2D eigenvalue weighted by Gasteiger charge is -2.21. The van der Waals surface area contributed by atoms with Crippen molar-refractivity contribution in [2.45, 2.75) is 51.5 Å². The number of aryl methyl sites for hydroxylation is 1. The number of benzene rings is 1. The predicted molar refractivity (Wildman–Crippen MR) is 83.7 cm³/mol. The van der Waals surface area contributed by atoms with E-state index in [0.29, 0.717) is 0 Å². The molecule has 3 N–H and O–H groups in total. The summed E-state index contributed by atoms with van der Waals surface area (Å²) in [6.07, 6.45) is 9.42. The van der Waals surface area contributed by atoms with Crippen LogP contribution in [0.5, 0.6) is 5.75 Å². The van der Waals surface area contributed by atoms with Crippen LogP contribution in [0.15, 0.2) is 29.8 Å². The van der Waals surface area contributed by atoms with Crippen LogP contribution in [0.2, 0.25) is 0 Å². The summed E-state index contributed by atoms with van der Waals surface area (Å²) in [5.74, 6) is 6.70. The molecule has 0 fully saturated rings. The lowest BCUT2D eigenvalue weighted by atomic mass is 9.91. The predicted octanol–water partition coefficient (Wildman–Crippen LogP) is 3.27. The zero-order chi connectivity index (χ0) is 14.4. The molecule has 20 heavy (non-hydrogen) atoms. The maximum absolute atomic E-state index is 5.75. The van der Waals surface area contributed by atoms with Crippen LogP contribution in [-0.2, 0) is 6.42 Å². The number of ether oxygens (including phenoxy) is 1. The Hall–Kier alpha value is -1.32. The van der Waals surface area contributed by atoms with Crippen molar-refractivity contribution in [2.24, 2.45) is 5.84 Å². The zero-order valence-electron chi connectivity index (χ0n) is 12.6. The molecule has 2 rings (SSSR count). The van der Waals surface area contributed by atoms with Gasteiger partial charge in [-0.1, -0.05) is 29.3 Å². The molecule has 0 bridgehead atoms. The topological polar surface area (TPSA) is 47.3 Å². The van der Waals surface area contributed by atoms with Crippen LogP contribution in [0.3, 0.4) is 0 Å². The van der Waals surface area contributed by atoms with Crippen molar-refractivity contribution in [1.82, 2.24) is 5.43 Å². The summed E-state index contributed by atoms with van der Waals surface area (Å²) in [5.41, 5.74) is 7.01. The van der Waals surface area contributed by atoms with Crippen LogP contribution in [0.4, 0.5) is 0 Å². The first-order chi connectivity index (χ1) is 9.72. The minimum absolute atomic E-state index is 0.273. The first-order valence-electron chi connectivity index (χ1n) is 7.50. The minimum atomic E-state index is 0.273. The Bertz CT molecular complexity index is 468. The van der Waals surface area contributed by atoms with Gasteiger partial charge in [0.05, 0.1) is 7.11 Å². The number of methoxy groups -OCH3 is 1. The molecule has 0 saturated heterocycles. The van der Waals surface area contributed by atoms with Gasteiger partial charge in [0.15, 0.2) is 0 Å². The van der Waals surface area contributed by atoms with E-state index in [0.717, 1.165) is 18.6 Å². The molecule has 0 amide bonds. The lowest BCUT2D eigenvalue weighted by molar-refractivity contribution is 0.404. The van der Waals surface area contributed by atoms with Crippen molar-refractivity contribution < 1.29 is 4.74 Å². The summed E-state index contributed by atoms with van der Waals surface area (Å²) in [5, 5.41) is 0. The van der Waals surface area contributed by atoms with E-state index in [2.05, 4.69) is 30.6 Å². The van der Waals surface area contributed by atoms with Crippen LogP contribution >= 0.6 is 0 Å². The molecule has 1 atom stereocenters. The maximum atomic E-state index is 5.75. The number of hydrogen-bond acceptors (Lipinski definition) is 3. The molecule has 0 heterocycles. The molecule has 1 aromatic rings. The van der Waals surface area contributed by atoms with E-state index >= 15 is 0 Å². The van der Waals surface area contributed by atoms with Crippen molar-refractivity contribution in [3.8, 4) is 5.75 Å². The second kappa shape index (κ2) is 7.46. The molecule has 1 aliphatic rings. The molecule has 1 aromatic carbocycles. The van der Waals surface area contributed by atoms with Gasteiger partial charge in [0.2, 0.25) is 0 Å². The Labute approximate surface area is 122 Å². The van der Waals surface area contributed by atoms with Gasteiger partial charge < -0.3 is 4.74 Å². The van der Waals surface area contributed by atoms with Crippen LogP contribution in [0, 0.1) is 6.92 Å². The summed E-state index contributed by atoms with van der Waals surface area (Å²) < 4.78 is 5.45. The maximum Gasteiger partial charge on any atom is 0.122 e. The minimum Gasteiger partial charge on any atom is -0.496 e. The monoisotopic (exact) mass is 274 g/mol. The Morgan fingerprint density at radius 1 is 1.30 bits per heavy atom. The molecule has 0 radical (unpaired) electrons. The molecule has 1 unspecified atom stereocenters. The molecule has 3 nitrogen and oxygen atoms in total. The lowest BCUT2D eigenvalue weighted by Crippen LogP contribution is -2.37. The molecule has 0 spiro atoms. The summed E-state index contributed by atoms with van der Waals surface area (Å²) >= 11 is 0. The first-order valence-corrected chi connectivity index (χ1v) is 7.50. The number of hydrogen-bond donors (Lipinski definition) is 2. The van der Waals surface area contributed by atoms with Crippen molar-refractivity contribution in [1.29, 1.82) is 0 Å². The fourth-order valence-corrected chi connectivity index (χ4v) is 2.93. The number of rotatable bonds is 6. The normalized spacial score (nSPS) is 16.6. The summed E-state index contributed by atoms with van der Waals surface area (Å²) in [7, 11) is 1.72. The Morgan fingerprint density at radius 3 is 2.80 bits per heavy atom. The molecule has 0 aromatic heterocycles. The number of nitrogens with two attached hydrogens (primary N) is 1. The second-order valence-electron chi connectivity index (χ2n) is 5.70. The molecule has 1 aliphatic carbocycles. The van der Waals surface area contributed by atoms with Gasteiger partial charge in [0.1, 0.15) is 5.75 Å². The summed E-state index contributed by atoms with van der Waals surface area (Å²) in [6.45, 7) is 2.11. The average Bonchev–Trinajstić information content (AvgIpc) is 2.48. The molecular weight excluding hydrogens is 248 g/mol. The van der Waals surface area contributed by atoms with Gasteiger partial charge in [-0.3, -0.25) is 11.3 Å². The van der Waals surface area contributed by atoms with Crippen molar-refractivity contribution in [3.63, 3.8) is 0 Å². The van der Waals surface area contributed by atoms with Crippen molar-refractivity contribution in [2.75, 3.05) is 7.11 Å². The average molecular weight is 274 g/mol. The van der Waals surface area contributed by atoms with Gasteiger partial charge >= 0.3 is 0 Å². The highest BCUT2D eigenvalue weighted by molar-refractivity contribution is 5.37. The van der Waals surface area contributed by atoms with Crippen LogP contribution < -0.4 is 16.0 Å². The van der Waals surface area contributed by atoms with E-state index in [-0.39, 0.29) is 6.04 Å². The molecule has 3 heteroatoms. The second-order valence-corrected chi connectivity index (χ2v) is 5.70. The van der Waals surface area contributed by atoms with E-state index in [1.807, 2.05) is 6.07 Å². The van der Waals surface area contributed by atoms with Gasteiger partial charge in [-0.05, 0) is 57.1 Å². The molecule has 110 valence electrons. The van der Waals surface area contributed by atoms with E-state index in [1.54, 1.807) is 12.7 Å². The fourth-order valence-electron chi connectivity index (χ4n) is 2.93. The van der Waals surface area contributed by atoms with Crippen molar-refractivity contribution in [3.05, 3.63) is 41.0 Å². The Balaban J connectivity index is 2.05. The number of allylic oxidation sites excluding steroid dienone is 1. The highest BCUT2D eigenvalue weighted by Gasteiger charge is 2.14. The van der Waals surface area contributed by atoms with Gasteiger partial charge in [0.25, 0.3) is 0 Å². The smallest absolute Gasteiger partial charge is 0.122 e. The highest BCUT2D eigenvalue weighted by Crippen LogP contribution is 2.25. The third kappa shape index (κ3) is 4.09. The standard InChI is InChI=1S/C17H26N2O/c1-13-8-9-17(20-2)15(10-13)12-16(19-18)11-14-6-4-3-5-7-14/h6,8-10,16,19H,3-5,7,11-12,18H2,1-2H3. The Morgan fingerprint density at radius 2 is 2.15 bits per heavy atom. The third-order valence-electron chi connectivity index (χ3n) is 4.03. The SMILES string of the molecule is COc1ccc(C)cc1CC(CC1=CCCCC1)NN. The van der Waals surface area contributed by atoms with E-state index in [9.17, 15) is 0 Å². The quantitative estimate of drug-likeness (QED) is 0.475. The van der Waals surface area contributed by atoms with Gasteiger partial charge in [0, 0.05) is 6.04 Å². The van der Waals surface area contributed by atoms with Gasteiger partial charge in [-0.15, -0.1) is 0 Å². The third-order valence-corrected chi connectivity index (χ3v) is 4.03. The van der Waals surface area contributed by atoms with E-state index in [4.69, 9.17) is 10.6 Å². The Kier molecular flexibility index (Phi) is 5.62. The fraction of sp³-hybridized carbons (Fsp3) is 0.529. The van der Waals surface area contributed by atoms with Gasteiger partial charge in [-0.2, -0.15) is 0 Å². The molecule has 0 saturated carbocycles.